The molecule has 0 N–H and O–H groups in total. The molecule has 2 atom stereocenters. The van der Waals surface area contributed by atoms with Crippen molar-refractivity contribution >= 4 is 41.2 Å². The van der Waals surface area contributed by atoms with Crippen LogP contribution in [-0.4, -0.2) is 6.21 Å². The molecule has 0 fully saturated rings. The van der Waals surface area contributed by atoms with E-state index in [2.05, 4.69) is 35.2 Å². The minimum Gasteiger partial charge on any atom is -0.276 e. The van der Waals surface area contributed by atoms with Gasteiger partial charge in [-0.05, 0) is 35.2 Å². The van der Waals surface area contributed by atoms with Crippen molar-refractivity contribution in [2.75, 3.05) is 0 Å². The van der Waals surface area contributed by atoms with E-state index in [1.807, 2.05) is 30.0 Å². The molecule has 0 saturated carbocycles. The Kier molecular flexibility index (Phi) is 5.33. The van der Waals surface area contributed by atoms with Crippen molar-refractivity contribution < 1.29 is 0 Å². The Hall–Kier alpha value is -1.40. The van der Waals surface area contributed by atoms with Gasteiger partial charge in [-0.3, -0.25) is 4.99 Å². The predicted octanol–water partition coefficient (Wildman–Crippen LogP) is 6.12. The molecule has 2 aromatic carbocycles. The van der Waals surface area contributed by atoms with Gasteiger partial charge in [0.1, 0.15) is 0 Å². The maximum Gasteiger partial charge on any atom is 0.0773 e. The summed E-state index contributed by atoms with van der Waals surface area (Å²) >= 11 is 14.0. The Bertz CT molecular complexity index is 779. The number of aliphatic imine (C=N–C) groups is 1. The molecule has 1 nitrogen and oxygen atoms in total. The van der Waals surface area contributed by atoms with Gasteiger partial charge in [0.15, 0.2) is 0 Å². The minimum atomic E-state index is 0.161. The number of hydrogen-bond donors (Lipinski definition) is 0. The van der Waals surface area contributed by atoms with Crippen LogP contribution in [0.4, 0.5) is 0 Å². The second kappa shape index (κ2) is 7.45. The highest BCUT2D eigenvalue weighted by molar-refractivity contribution is 7.98. The van der Waals surface area contributed by atoms with E-state index in [4.69, 9.17) is 29.6 Å². The fourth-order valence-electron chi connectivity index (χ4n) is 2.82. The normalized spacial score (nSPS) is 19.7. The van der Waals surface area contributed by atoms with Crippen molar-refractivity contribution in [2.45, 2.75) is 23.5 Å². The molecule has 116 valence electrons. The first-order chi connectivity index (χ1) is 11.2. The largest absolute Gasteiger partial charge is 0.276 e. The van der Waals surface area contributed by atoms with Crippen LogP contribution in [-0.2, 0) is 5.75 Å². The summed E-state index contributed by atoms with van der Waals surface area (Å²) in [6.07, 6.45) is 7.83. The van der Waals surface area contributed by atoms with Crippen LogP contribution in [0.3, 0.4) is 0 Å². The summed E-state index contributed by atoms with van der Waals surface area (Å²) in [5.74, 6) is 3.37. The number of halogens is 2. The summed E-state index contributed by atoms with van der Waals surface area (Å²) in [5.41, 5.74) is 3.82. The zero-order valence-corrected chi connectivity index (χ0v) is 14.7. The van der Waals surface area contributed by atoms with Crippen molar-refractivity contribution in [1.82, 2.24) is 0 Å². The van der Waals surface area contributed by atoms with Crippen LogP contribution in [0.2, 0.25) is 10.0 Å². The highest BCUT2D eigenvalue weighted by Gasteiger charge is 2.30. The van der Waals surface area contributed by atoms with E-state index in [9.17, 15) is 0 Å². The van der Waals surface area contributed by atoms with Crippen LogP contribution in [0.1, 0.15) is 34.4 Å². The molecular formula is C19H15Cl2NS. The lowest BCUT2D eigenvalue weighted by molar-refractivity contribution is 0.711. The Labute approximate surface area is 151 Å². The third-order valence-electron chi connectivity index (χ3n) is 3.90. The van der Waals surface area contributed by atoms with Crippen LogP contribution in [0.25, 0.3) is 0 Å². The maximum atomic E-state index is 6.09. The van der Waals surface area contributed by atoms with Crippen LogP contribution < -0.4 is 0 Å². The fraction of sp³-hybridized carbons (Fsp3) is 0.211. The first kappa shape index (κ1) is 16.5. The van der Waals surface area contributed by atoms with Gasteiger partial charge in [0.25, 0.3) is 0 Å². The number of rotatable bonds is 4. The second-order valence-electron chi connectivity index (χ2n) is 5.37. The maximum absolute atomic E-state index is 6.09. The molecule has 0 aromatic heterocycles. The van der Waals surface area contributed by atoms with Crippen LogP contribution in [0.5, 0.6) is 0 Å². The highest BCUT2D eigenvalue weighted by atomic mass is 35.5. The number of terminal acetylenes is 1. The first-order valence-corrected chi connectivity index (χ1v) is 9.11. The molecule has 1 aliphatic rings. The van der Waals surface area contributed by atoms with E-state index in [0.29, 0.717) is 15.3 Å². The van der Waals surface area contributed by atoms with E-state index < -0.39 is 0 Å². The predicted molar refractivity (Wildman–Crippen MR) is 102 cm³/mol. The van der Waals surface area contributed by atoms with Gasteiger partial charge in [-0.2, -0.15) is 0 Å². The van der Waals surface area contributed by atoms with Gasteiger partial charge in [-0.25, -0.2) is 0 Å². The third-order valence-corrected chi connectivity index (χ3v) is 5.99. The summed E-state index contributed by atoms with van der Waals surface area (Å²) in [6, 6.07) is 14.4. The Morgan fingerprint density at radius 2 is 1.96 bits per heavy atom. The monoisotopic (exact) mass is 359 g/mol. The Morgan fingerprint density at radius 1 is 1.17 bits per heavy atom. The molecule has 1 aliphatic carbocycles. The van der Waals surface area contributed by atoms with E-state index in [1.165, 1.54) is 16.7 Å². The molecular weight excluding hydrogens is 345 g/mol. The lowest BCUT2D eigenvalue weighted by Crippen LogP contribution is -1.90. The van der Waals surface area contributed by atoms with Crippen molar-refractivity contribution in [3.8, 4) is 12.3 Å². The van der Waals surface area contributed by atoms with Gasteiger partial charge >= 0.3 is 0 Å². The lowest BCUT2D eigenvalue weighted by atomic mass is 10.1. The second-order valence-corrected chi connectivity index (χ2v) is 7.38. The van der Waals surface area contributed by atoms with E-state index in [-0.39, 0.29) is 6.04 Å². The van der Waals surface area contributed by atoms with Crippen molar-refractivity contribution in [1.29, 1.82) is 0 Å². The van der Waals surface area contributed by atoms with Crippen molar-refractivity contribution in [3.63, 3.8) is 0 Å². The Balaban J connectivity index is 1.75. The molecule has 2 aromatic rings. The van der Waals surface area contributed by atoms with E-state index in [0.717, 1.165) is 12.2 Å². The molecule has 0 amide bonds. The first-order valence-electron chi connectivity index (χ1n) is 7.31. The van der Waals surface area contributed by atoms with Gasteiger partial charge in [-0.15, -0.1) is 18.2 Å². The summed E-state index contributed by atoms with van der Waals surface area (Å²) in [5, 5.41) is 1.61. The molecule has 3 rings (SSSR count). The molecule has 23 heavy (non-hydrogen) atoms. The van der Waals surface area contributed by atoms with Gasteiger partial charge < -0.3 is 0 Å². The number of thioether (sulfide) groups is 1. The minimum absolute atomic E-state index is 0.161. The van der Waals surface area contributed by atoms with Gasteiger partial charge in [-0.1, -0.05) is 59.5 Å². The number of benzene rings is 2. The number of fused-ring (bicyclic) bond motifs is 1. The van der Waals surface area contributed by atoms with Crippen molar-refractivity contribution in [3.05, 3.63) is 69.2 Å². The van der Waals surface area contributed by atoms with E-state index >= 15 is 0 Å². The highest BCUT2D eigenvalue weighted by Crippen LogP contribution is 2.48. The molecule has 2 unspecified atom stereocenters. The molecule has 0 bridgehead atoms. The zero-order valence-electron chi connectivity index (χ0n) is 12.4. The SMILES string of the molecule is C#CC=NC1CC(SCc2ccc(Cl)c(Cl)c2)c2ccccc21. The molecule has 0 heterocycles. The van der Waals surface area contributed by atoms with Crippen LogP contribution in [0.15, 0.2) is 47.5 Å². The van der Waals surface area contributed by atoms with Gasteiger partial charge in [0.05, 0.1) is 22.3 Å². The average molecular weight is 360 g/mol. The summed E-state index contributed by atoms with van der Waals surface area (Å²) in [7, 11) is 0. The van der Waals surface area contributed by atoms with Crippen LogP contribution >= 0.6 is 35.0 Å². The van der Waals surface area contributed by atoms with Gasteiger partial charge in [0.2, 0.25) is 0 Å². The Morgan fingerprint density at radius 3 is 2.70 bits per heavy atom. The topological polar surface area (TPSA) is 12.4 Å². The number of hydrogen-bond acceptors (Lipinski definition) is 2. The molecule has 0 spiro atoms. The third kappa shape index (κ3) is 3.75. The fourth-order valence-corrected chi connectivity index (χ4v) is 4.43. The summed E-state index contributed by atoms with van der Waals surface area (Å²) in [4.78, 5) is 4.50. The molecule has 4 heteroatoms. The molecule has 0 radical (unpaired) electrons. The average Bonchev–Trinajstić information content (AvgIpc) is 2.92. The number of nitrogens with zero attached hydrogens (tertiary/aromatic N) is 1. The van der Waals surface area contributed by atoms with Crippen LogP contribution in [0, 0.1) is 12.3 Å². The molecule has 0 aliphatic heterocycles. The standard InChI is InChI=1S/C19H15Cl2NS/c1-2-9-22-18-11-19(15-6-4-3-5-14(15)18)23-12-13-7-8-16(20)17(21)10-13/h1,3-10,18-19H,11-12H2. The quantitative estimate of drug-likeness (QED) is 0.473. The van der Waals surface area contributed by atoms with Gasteiger partial charge in [0, 0.05) is 11.0 Å². The smallest absolute Gasteiger partial charge is 0.0773 e. The van der Waals surface area contributed by atoms with E-state index in [1.54, 1.807) is 6.21 Å². The lowest BCUT2D eigenvalue weighted by Gasteiger charge is -2.11. The zero-order chi connectivity index (χ0) is 16.2. The summed E-state index contributed by atoms with van der Waals surface area (Å²) < 4.78 is 0. The molecule has 0 saturated heterocycles. The summed E-state index contributed by atoms with van der Waals surface area (Å²) in [6.45, 7) is 0. The van der Waals surface area contributed by atoms with Crippen molar-refractivity contribution in [2.24, 2.45) is 4.99 Å².